The fourth-order valence-corrected chi connectivity index (χ4v) is 3.74. The molecule has 4 nitrogen and oxygen atoms in total. The molecule has 21 heavy (non-hydrogen) atoms. The normalized spacial score (nSPS) is 12.5. The number of nitrogens with zero attached hydrogens (tertiary/aromatic N) is 1. The molecular formula is C15H21N3OS2. The Morgan fingerprint density at radius 2 is 2.29 bits per heavy atom. The maximum absolute atomic E-state index is 12.1. The quantitative estimate of drug-likeness (QED) is 0.594. The van der Waals surface area contributed by atoms with Gasteiger partial charge in [0.2, 0.25) is 5.91 Å². The topological polar surface area (TPSA) is 68.0 Å². The first-order valence-corrected chi connectivity index (χ1v) is 9.05. The van der Waals surface area contributed by atoms with Crippen LogP contribution in [0.4, 0.5) is 10.8 Å². The van der Waals surface area contributed by atoms with Crippen LogP contribution in [0.3, 0.4) is 0 Å². The zero-order valence-corrected chi connectivity index (χ0v) is 14.0. The maximum Gasteiger partial charge on any atom is 0.238 e. The molecule has 1 unspecified atom stereocenters. The fraction of sp³-hybridized carbons (Fsp3) is 0.467. The van der Waals surface area contributed by atoms with E-state index in [2.05, 4.69) is 17.2 Å². The van der Waals surface area contributed by atoms with Crippen molar-refractivity contribution in [2.24, 2.45) is 0 Å². The number of thioether (sulfide) groups is 1. The predicted molar refractivity (Wildman–Crippen MR) is 94.1 cm³/mol. The standard InChI is InChI=1S/C15H21N3OS2/c1-3-4-5-8-20-10(2)14(19)18-15-17-12-7-6-11(16)9-13(12)21-15/h6-7,9-10H,3-5,8,16H2,1-2H3,(H,17,18,19). The molecule has 2 rings (SSSR count). The lowest BCUT2D eigenvalue weighted by molar-refractivity contribution is -0.115. The van der Waals surface area contributed by atoms with E-state index >= 15 is 0 Å². The molecule has 0 bridgehead atoms. The van der Waals surface area contributed by atoms with E-state index in [1.54, 1.807) is 11.8 Å². The molecule has 1 aromatic heterocycles. The van der Waals surface area contributed by atoms with Crippen LogP contribution in [0.5, 0.6) is 0 Å². The van der Waals surface area contributed by atoms with Gasteiger partial charge in [-0.25, -0.2) is 4.98 Å². The number of carbonyl (C=O) groups excluding carboxylic acids is 1. The summed E-state index contributed by atoms with van der Waals surface area (Å²) in [6, 6.07) is 5.57. The van der Waals surface area contributed by atoms with Crippen LogP contribution in [0, 0.1) is 0 Å². The van der Waals surface area contributed by atoms with E-state index in [1.165, 1.54) is 30.6 Å². The third kappa shape index (κ3) is 4.61. The predicted octanol–water partition coefficient (Wildman–Crippen LogP) is 4.13. The monoisotopic (exact) mass is 323 g/mol. The van der Waals surface area contributed by atoms with Gasteiger partial charge >= 0.3 is 0 Å². The van der Waals surface area contributed by atoms with Gasteiger partial charge in [0, 0.05) is 5.69 Å². The molecule has 1 aromatic carbocycles. The van der Waals surface area contributed by atoms with Crippen LogP contribution in [0.2, 0.25) is 0 Å². The number of hydrogen-bond donors (Lipinski definition) is 2. The second-order valence-electron chi connectivity index (χ2n) is 4.96. The molecule has 1 heterocycles. The Hall–Kier alpha value is -1.27. The highest BCUT2D eigenvalue weighted by Crippen LogP contribution is 2.28. The van der Waals surface area contributed by atoms with Gasteiger partial charge in [-0.15, -0.1) is 11.8 Å². The minimum atomic E-state index is -0.0565. The number of amides is 1. The number of nitrogen functional groups attached to an aromatic ring is 1. The van der Waals surface area contributed by atoms with Crippen molar-refractivity contribution in [2.75, 3.05) is 16.8 Å². The summed E-state index contributed by atoms with van der Waals surface area (Å²) in [5.74, 6) is 1.04. The van der Waals surface area contributed by atoms with Gasteiger partial charge in [0.1, 0.15) is 0 Å². The first kappa shape index (κ1) is 16.1. The summed E-state index contributed by atoms with van der Waals surface area (Å²) in [5.41, 5.74) is 7.33. The SMILES string of the molecule is CCCCCSC(C)C(=O)Nc1nc2ccc(N)cc2s1. The number of nitrogens with one attached hydrogen (secondary N) is 1. The second-order valence-corrected chi connectivity index (χ2v) is 7.43. The van der Waals surface area contributed by atoms with Crippen LogP contribution in [0.1, 0.15) is 33.1 Å². The van der Waals surface area contributed by atoms with Crippen LogP contribution in [-0.4, -0.2) is 21.9 Å². The molecule has 3 N–H and O–H groups in total. The molecule has 2 aromatic rings. The summed E-state index contributed by atoms with van der Waals surface area (Å²) in [4.78, 5) is 16.5. The van der Waals surface area contributed by atoms with Crippen molar-refractivity contribution in [3.63, 3.8) is 0 Å². The molecule has 1 atom stereocenters. The lowest BCUT2D eigenvalue weighted by Gasteiger charge is -2.09. The Morgan fingerprint density at radius 1 is 1.48 bits per heavy atom. The number of carbonyl (C=O) groups is 1. The number of nitrogens with two attached hydrogens (primary N) is 1. The summed E-state index contributed by atoms with van der Waals surface area (Å²) in [5, 5.41) is 3.48. The zero-order chi connectivity index (χ0) is 15.2. The summed E-state index contributed by atoms with van der Waals surface area (Å²) < 4.78 is 0.994. The lowest BCUT2D eigenvalue weighted by Crippen LogP contribution is -2.22. The Balaban J connectivity index is 1.91. The maximum atomic E-state index is 12.1. The molecule has 0 saturated carbocycles. The third-order valence-corrected chi connectivity index (χ3v) is 5.30. The van der Waals surface area contributed by atoms with E-state index in [-0.39, 0.29) is 11.2 Å². The Labute approximate surface area is 133 Å². The average molecular weight is 323 g/mol. The summed E-state index contributed by atoms with van der Waals surface area (Å²) in [7, 11) is 0. The molecule has 1 amide bonds. The number of benzene rings is 1. The van der Waals surface area contributed by atoms with Gasteiger partial charge in [0.05, 0.1) is 15.5 Å². The van der Waals surface area contributed by atoms with Crippen molar-refractivity contribution in [3.05, 3.63) is 18.2 Å². The molecule has 0 saturated heterocycles. The minimum Gasteiger partial charge on any atom is -0.399 e. The number of anilines is 2. The van der Waals surface area contributed by atoms with Crippen molar-refractivity contribution in [2.45, 2.75) is 38.4 Å². The Bertz CT molecular complexity index is 612. The van der Waals surface area contributed by atoms with Gasteiger partial charge in [0.25, 0.3) is 0 Å². The molecule has 0 radical (unpaired) electrons. The van der Waals surface area contributed by atoms with Crippen LogP contribution in [0.15, 0.2) is 18.2 Å². The number of hydrogen-bond acceptors (Lipinski definition) is 5. The summed E-state index contributed by atoms with van der Waals surface area (Å²) >= 11 is 3.15. The van der Waals surface area contributed by atoms with Gasteiger partial charge in [-0.1, -0.05) is 31.1 Å². The highest BCUT2D eigenvalue weighted by molar-refractivity contribution is 8.00. The van der Waals surface area contributed by atoms with Crippen LogP contribution >= 0.6 is 23.1 Å². The van der Waals surface area contributed by atoms with Gasteiger partial charge in [0.15, 0.2) is 5.13 Å². The van der Waals surface area contributed by atoms with Crippen molar-refractivity contribution in [1.29, 1.82) is 0 Å². The highest BCUT2D eigenvalue weighted by Gasteiger charge is 2.15. The largest absolute Gasteiger partial charge is 0.399 e. The molecule has 6 heteroatoms. The number of thiazole rings is 1. The van der Waals surface area contributed by atoms with Crippen LogP contribution in [0.25, 0.3) is 10.2 Å². The number of fused-ring (bicyclic) bond motifs is 1. The third-order valence-electron chi connectivity index (χ3n) is 3.13. The first-order valence-electron chi connectivity index (χ1n) is 7.18. The van der Waals surface area contributed by atoms with E-state index in [0.717, 1.165) is 16.0 Å². The Kier molecular flexibility index (Phi) is 5.87. The van der Waals surface area contributed by atoms with Gasteiger partial charge < -0.3 is 11.1 Å². The van der Waals surface area contributed by atoms with Crippen LogP contribution < -0.4 is 11.1 Å². The van der Waals surface area contributed by atoms with E-state index in [4.69, 9.17) is 5.73 Å². The molecule has 0 aliphatic rings. The Morgan fingerprint density at radius 3 is 3.05 bits per heavy atom. The molecule has 114 valence electrons. The van der Waals surface area contributed by atoms with Crippen molar-refractivity contribution in [1.82, 2.24) is 4.98 Å². The number of aromatic nitrogens is 1. The molecule has 0 aliphatic heterocycles. The minimum absolute atomic E-state index is 0.0172. The summed E-state index contributed by atoms with van der Waals surface area (Å²) in [6.07, 6.45) is 3.59. The number of unbranched alkanes of at least 4 members (excludes halogenated alkanes) is 2. The molecule has 0 fully saturated rings. The zero-order valence-electron chi connectivity index (χ0n) is 12.4. The lowest BCUT2D eigenvalue weighted by atomic mass is 10.3. The van der Waals surface area contributed by atoms with Crippen LogP contribution in [-0.2, 0) is 4.79 Å². The highest BCUT2D eigenvalue weighted by atomic mass is 32.2. The van der Waals surface area contributed by atoms with Crippen molar-refractivity contribution in [3.8, 4) is 0 Å². The molecule has 0 aliphatic carbocycles. The van der Waals surface area contributed by atoms with E-state index in [9.17, 15) is 4.79 Å². The van der Waals surface area contributed by atoms with Gasteiger partial charge in [-0.2, -0.15) is 0 Å². The van der Waals surface area contributed by atoms with E-state index in [0.29, 0.717) is 10.8 Å². The smallest absolute Gasteiger partial charge is 0.238 e. The van der Waals surface area contributed by atoms with E-state index in [1.807, 2.05) is 25.1 Å². The molecule has 0 spiro atoms. The number of rotatable bonds is 7. The first-order chi connectivity index (χ1) is 10.1. The van der Waals surface area contributed by atoms with E-state index < -0.39 is 0 Å². The average Bonchev–Trinajstić information content (AvgIpc) is 2.84. The molecular weight excluding hydrogens is 302 g/mol. The van der Waals surface area contributed by atoms with Gasteiger partial charge in [-0.05, 0) is 37.3 Å². The second kappa shape index (κ2) is 7.66. The van der Waals surface area contributed by atoms with Crippen molar-refractivity contribution < 1.29 is 4.79 Å². The van der Waals surface area contributed by atoms with Crippen molar-refractivity contribution >= 4 is 50.0 Å². The van der Waals surface area contributed by atoms with Gasteiger partial charge in [-0.3, -0.25) is 4.79 Å². The summed E-state index contributed by atoms with van der Waals surface area (Å²) in [6.45, 7) is 4.12. The fourth-order valence-electron chi connectivity index (χ4n) is 1.89.